The second-order valence-electron chi connectivity index (χ2n) is 2.17. The summed E-state index contributed by atoms with van der Waals surface area (Å²) in [5.41, 5.74) is 0.909. The zero-order chi connectivity index (χ0) is 7.98. The van der Waals surface area contributed by atoms with Crippen molar-refractivity contribution in [2.45, 2.75) is 26.7 Å². The number of nitroso groups, excluding NO2 is 1. The van der Waals surface area contributed by atoms with Gasteiger partial charge in [0.05, 0.1) is 0 Å². The third kappa shape index (κ3) is 3.95. The van der Waals surface area contributed by atoms with Crippen LogP contribution < -0.4 is 0 Å². The van der Waals surface area contributed by atoms with E-state index in [2.05, 4.69) is 5.18 Å². The van der Waals surface area contributed by atoms with Crippen LogP contribution in [0.5, 0.6) is 0 Å². The summed E-state index contributed by atoms with van der Waals surface area (Å²) < 4.78 is 0. The predicted octanol–water partition coefficient (Wildman–Crippen LogP) is 2.03. The molecule has 0 fully saturated rings. The second-order valence-corrected chi connectivity index (χ2v) is 2.17. The minimum absolute atomic E-state index is 0.689. The van der Waals surface area contributed by atoms with Crippen molar-refractivity contribution in [2.24, 2.45) is 5.18 Å². The molecule has 0 unspecified atom stereocenters. The molecule has 0 rings (SSSR count). The molecule has 0 saturated carbocycles. The zero-order valence-corrected chi connectivity index (χ0v) is 6.26. The molecule has 0 aromatic heterocycles. The van der Waals surface area contributed by atoms with Gasteiger partial charge in [-0.15, -0.1) is 4.91 Å². The topological polar surface area (TPSA) is 46.5 Å². The van der Waals surface area contributed by atoms with Crippen LogP contribution in [0, 0.1) is 4.91 Å². The zero-order valence-electron chi connectivity index (χ0n) is 6.26. The van der Waals surface area contributed by atoms with Crippen molar-refractivity contribution < 1.29 is 4.79 Å². The summed E-state index contributed by atoms with van der Waals surface area (Å²) in [6.07, 6.45) is 3.10. The fraction of sp³-hybridized carbons (Fsp3) is 0.571. The third-order valence-electron chi connectivity index (χ3n) is 1.10. The maximum absolute atomic E-state index is 10.3. The van der Waals surface area contributed by atoms with Crippen molar-refractivity contribution in [3.8, 4) is 0 Å². The molecule has 1 amide bonds. The minimum Gasteiger partial charge on any atom is -0.264 e. The molecular weight excluding hydrogens is 130 g/mol. The number of allylic oxidation sites excluding steroid dienone is 1. The summed E-state index contributed by atoms with van der Waals surface area (Å²) >= 11 is 0. The molecule has 0 spiro atoms. The van der Waals surface area contributed by atoms with Crippen molar-refractivity contribution in [2.75, 3.05) is 0 Å². The van der Waals surface area contributed by atoms with Crippen LogP contribution in [0.15, 0.2) is 16.8 Å². The Morgan fingerprint density at radius 1 is 1.60 bits per heavy atom. The molecule has 0 aliphatic rings. The largest absolute Gasteiger partial charge is 0.309 e. The van der Waals surface area contributed by atoms with Gasteiger partial charge in [0.25, 0.3) is 0 Å². The minimum atomic E-state index is -0.689. The Kier molecular flexibility index (Phi) is 4.37. The van der Waals surface area contributed by atoms with E-state index in [9.17, 15) is 9.70 Å². The van der Waals surface area contributed by atoms with Crippen LogP contribution in [0.4, 0.5) is 0 Å². The van der Waals surface area contributed by atoms with E-state index in [-0.39, 0.29) is 0 Å². The fourth-order valence-corrected chi connectivity index (χ4v) is 0.704. The summed E-state index contributed by atoms with van der Waals surface area (Å²) in [4.78, 5) is 19.9. The number of hydrogen-bond donors (Lipinski definition) is 0. The van der Waals surface area contributed by atoms with Crippen LogP contribution in [0.1, 0.15) is 26.7 Å². The Morgan fingerprint density at radius 3 is 2.60 bits per heavy atom. The molecule has 0 saturated heterocycles. The van der Waals surface area contributed by atoms with E-state index in [0.717, 1.165) is 18.4 Å². The van der Waals surface area contributed by atoms with Crippen LogP contribution in [-0.2, 0) is 4.79 Å². The first-order valence-corrected chi connectivity index (χ1v) is 3.25. The summed E-state index contributed by atoms with van der Waals surface area (Å²) in [6, 6.07) is 0. The average molecular weight is 141 g/mol. The molecule has 10 heavy (non-hydrogen) atoms. The van der Waals surface area contributed by atoms with Gasteiger partial charge >= 0.3 is 5.91 Å². The van der Waals surface area contributed by atoms with E-state index in [1.54, 1.807) is 0 Å². The molecule has 0 bridgehead atoms. The molecular formula is C7H11NO2. The highest BCUT2D eigenvalue weighted by Crippen LogP contribution is 2.02. The van der Waals surface area contributed by atoms with Crippen LogP contribution in [0.25, 0.3) is 0 Å². The Bertz CT molecular complexity index is 161. The first kappa shape index (κ1) is 9.01. The average Bonchev–Trinajstić information content (AvgIpc) is 1.88. The molecule has 0 aromatic rings. The maximum atomic E-state index is 10.3. The number of carbonyl (C=O) groups is 1. The summed E-state index contributed by atoms with van der Waals surface area (Å²) in [5, 5.41) is 2.25. The first-order valence-electron chi connectivity index (χ1n) is 3.25. The van der Waals surface area contributed by atoms with Crippen LogP contribution in [0.2, 0.25) is 0 Å². The molecule has 3 heteroatoms. The molecule has 0 aliphatic heterocycles. The molecule has 0 aromatic carbocycles. The molecule has 0 atom stereocenters. The predicted molar refractivity (Wildman–Crippen MR) is 39.5 cm³/mol. The Labute approximate surface area is 60.1 Å². The molecule has 0 heterocycles. The quantitative estimate of drug-likeness (QED) is 0.446. The number of hydrogen-bond acceptors (Lipinski definition) is 2. The molecule has 56 valence electrons. The molecule has 0 aliphatic carbocycles. The first-order chi connectivity index (χ1) is 4.70. The monoisotopic (exact) mass is 141 g/mol. The van der Waals surface area contributed by atoms with Gasteiger partial charge in [-0.05, 0) is 13.3 Å². The molecule has 0 radical (unpaired) electrons. The number of nitrogens with zero attached hydrogens (tertiary/aromatic N) is 1. The number of rotatable bonds is 3. The Morgan fingerprint density at radius 2 is 2.20 bits per heavy atom. The van der Waals surface area contributed by atoms with Crippen LogP contribution in [0.3, 0.4) is 0 Å². The lowest BCUT2D eigenvalue weighted by Gasteiger charge is -1.92. The smallest absolute Gasteiger partial charge is 0.264 e. The Hall–Kier alpha value is -0.990. The van der Waals surface area contributed by atoms with Gasteiger partial charge in [0.1, 0.15) is 0 Å². The van der Waals surface area contributed by atoms with Crippen molar-refractivity contribution in [1.82, 2.24) is 0 Å². The van der Waals surface area contributed by atoms with Crippen molar-refractivity contribution in [3.05, 3.63) is 16.6 Å². The van der Waals surface area contributed by atoms with E-state index in [4.69, 9.17) is 0 Å². The summed E-state index contributed by atoms with van der Waals surface area (Å²) in [5.74, 6) is -0.689. The second kappa shape index (κ2) is 4.85. The lowest BCUT2D eigenvalue weighted by molar-refractivity contribution is -0.113. The van der Waals surface area contributed by atoms with Crippen LogP contribution in [-0.4, -0.2) is 5.91 Å². The van der Waals surface area contributed by atoms with Gasteiger partial charge in [-0.3, -0.25) is 4.79 Å². The van der Waals surface area contributed by atoms with Gasteiger partial charge in [0, 0.05) is 11.3 Å². The fourth-order valence-electron chi connectivity index (χ4n) is 0.704. The molecule has 0 N–H and O–H groups in total. The lowest BCUT2D eigenvalue weighted by Crippen LogP contribution is -1.86. The van der Waals surface area contributed by atoms with E-state index < -0.39 is 5.91 Å². The highest BCUT2D eigenvalue weighted by molar-refractivity contribution is 5.88. The Balaban J connectivity index is 3.89. The van der Waals surface area contributed by atoms with Gasteiger partial charge in [-0.2, -0.15) is 0 Å². The SMILES string of the molecule is CCC/C(C)=C/C(=O)N=O. The van der Waals surface area contributed by atoms with E-state index >= 15 is 0 Å². The number of carbonyl (C=O) groups excluding carboxylic acids is 1. The van der Waals surface area contributed by atoms with Crippen LogP contribution >= 0.6 is 0 Å². The third-order valence-corrected chi connectivity index (χ3v) is 1.10. The van der Waals surface area contributed by atoms with E-state index in [0.29, 0.717) is 0 Å². The normalized spacial score (nSPS) is 11.2. The van der Waals surface area contributed by atoms with Gasteiger partial charge < -0.3 is 0 Å². The maximum Gasteiger partial charge on any atom is 0.309 e. The van der Waals surface area contributed by atoms with Gasteiger partial charge in [0.15, 0.2) is 0 Å². The number of amides is 1. The van der Waals surface area contributed by atoms with Gasteiger partial charge in [-0.1, -0.05) is 18.9 Å². The lowest BCUT2D eigenvalue weighted by atomic mass is 10.2. The van der Waals surface area contributed by atoms with Crippen molar-refractivity contribution >= 4 is 5.91 Å². The van der Waals surface area contributed by atoms with Gasteiger partial charge in [-0.25, -0.2) is 0 Å². The summed E-state index contributed by atoms with van der Waals surface area (Å²) in [7, 11) is 0. The van der Waals surface area contributed by atoms with Crippen molar-refractivity contribution in [3.63, 3.8) is 0 Å². The van der Waals surface area contributed by atoms with E-state index in [1.807, 2.05) is 13.8 Å². The summed E-state index contributed by atoms with van der Waals surface area (Å²) in [6.45, 7) is 3.82. The molecule has 3 nitrogen and oxygen atoms in total. The van der Waals surface area contributed by atoms with Gasteiger partial charge in [0.2, 0.25) is 0 Å². The highest BCUT2D eigenvalue weighted by atomic mass is 16.3. The van der Waals surface area contributed by atoms with Crippen molar-refractivity contribution in [1.29, 1.82) is 0 Å². The van der Waals surface area contributed by atoms with E-state index in [1.165, 1.54) is 6.08 Å². The highest BCUT2D eigenvalue weighted by Gasteiger charge is 1.94. The standard InChI is InChI=1S/C7H11NO2/c1-3-4-6(2)5-7(9)8-10/h5H,3-4H2,1-2H3/b6-5+.